The molecule has 6 nitrogen and oxygen atoms in total. The van der Waals surface area contributed by atoms with Crippen LogP contribution in [0.25, 0.3) is 0 Å². The highest BCUT2D eigenvalue weighted by molar-refractivity contribution is 5.88. The molecule has 1 aliphatic rings. The molecule has 3 N–H and O–H groups in total. The number of amides is 2. The Bertz CT molecular complexity index is 635. The van der Waals surface area contributed by atoms with Crippen LogP contribution in [-0.2, 0) is 6.54 Å². The van der Waals surface area contributed by atoms with Crippen LogP contribution in [0.3, 0.4) is 0 Å². The van der Waals surface area contributed by atoms with Gasteiger partial charge >= 0.3 is 6.03 Å². The van der Waals surface area contributed by atoms with Crippen LogP contribution in [0.2, 0.25) is 0 Å². The van der Waals surface area contributed by atoms with Gasteiger partial charge in [0.15, 0.2) is 5.82 Å². The zero-order valence-corrected chi connectivity index (χ0v) is 12.3. The number of aliphatic hydroxyl groups is 1. The van der Waals surface area contributed by atoms with Crippen molar-refractivity contribution in [3.05, 3.63) is 48.2 Å². The first-order valence-electron chi connectivity index (χ1n) is 7.48. The van der Waals surface area contributed by atoms with Gasteiger partial charge in [-0.1, -0.05) is 30.3 Å². The van der Waals surface area contributed by atoms with E-state index in [0.717, 1.165) is 24.8 Å². The monoisotopic (exact) mass is 300 g/mol. The molecule has 0 spiro atoms. The molecule has 22 heavy (non-hydrogen) atoms. The van der Waals surface area contributed by atoms with E-state index in [4.69, 9.17) is 0 Å². The molecule has 0 unspecified atom stereocenters. The predicted octanol–water partition coefficient (Wildman–Crippen LogP) is 1.97. The Morgan fingerprint density at radius 1 is 1.27 bits per heavy atom. The van der Waals surface area contributed by atoms with Gasteiger partial charge < -0.3 is 10.4 Å². The Balaban J connectivity index is 1.49. The lowest BCUT2D eigenvalue weighted by atomic mass is 9.80. The number of anilines is 1. The number of aromatic nitrogens is 2. The van der Waals surface area contributed by atoms with E-state index in [2.05, 4.69) is 15.7 Å². The van der Waals surface area contributed by atoms with Crippen molar-refractivity contribution in [1.29, 1.82) is 0 Å². The normalized spacial score (nSPS) is 15.9. The van der Waals surface area contributed by atoms with Crippen molar-refractivity contribution in [3.63, 3.8) is 0 Å². The highest BCUT2D eigenvalue weighted by atomic mass is 16.3. The Morgan fingerprint density at radius 2 is 2.05 bits per heavy atom. The van der Waals surface area contributed by atoms with Crippen LogP contribution in [0.1, 0.15) is 24.8 Å². The lowest BCUT2D eigenvalue weighted by Crippen LogP contribution is -2.48. The first kappa shape index (κ1) is 14.6. The molecular weight excluding hydrogens is 280 g/mol. The predicted molar refractivity (Wildman–Crippen MR) is 83.6 cm³/mol. The van der Waals surface area contributed by atoms with Crippen molar-refractivity contribution >= 4 is 11.8 Å². The number of urea groups is 1. The number of hydrogen-bond acceptors (Lipinski definition) is 3. The summed E-state index contributed by atoms with van der Waals surface area (Å²) in [5, 5.41) is 19.6. The molecule has 1 aromatic carbocycles. The van der Waals surface area contributed by atoms with Gasteiger partial charge in [-0.3, -0.25) is 10.00 Å². The quantitative estimate of drug-likeness (QED) is 0.790. The lowest BCUT2D eigenvalue weighted by molar-refractivity contribution is -0.0287. The number of carbonyl (C=O) groups is 1. The number of nitrogens with one attached hydrogen (secondary N) is 2. The molecular formula is C16H20N4O2. The van der Waals surface area contributed by atoms with E-state index in [0.29, 0.717) is 12.4 Å². The van der Waals surface area contributed by atoms with Gasteiger partial charge in [0.2, 0.25) is 0 Å². The molecule has 0 atom stereocenters. The maximum Gasteiger partial charge on any atom is 0.320 e. The molecule has 6 heteroatoms. The molecule has 0 saturated heterocycles. The summed E-state index contributed by atoms with van der Waals surface area (Å²) in [5.41, 5.74) is 0.429. The molecule has 2 amide bonds. The fourth-order valence-electron chi connectivity index (χ4n) is 2.45. The molecule has 0 bridgehead atoms. The minimum absolute atomic E-state index is 0.281. The summed E-state index contributed by atoms with van der Waals surface area (Å²) in [5.74, 6) is 0.494. The van der Waals surface area contributed by atoms with E-state index in [1.807, 2.05) is 36.5 Å². The van der Waals surface area contributed by atoms with E-state index in [1.54, 1.807) is 10.7 Å². The molecule has 3 rings (SSSR count). The van der Waals surface area contributed by atoms with Crippen LogP contribution < -0.4 is 10.6 Å². The maximum absolute atomic E-state index is 11.8. The van der Waals surface area contributed by atoms with E-state index in [1.165, 1.54) is 0 Å². The van der Waals surface area contributed by atoms with Gasteiger partial charge in [0, 0.05) is 18.8 Å². The highest BCUT2D eigenvalue weighted by Gasteiger charge is 2.34. The minimum atomic E-state index is -0.718. The van der Waals surface area contributed by atoms with Crippen LogP contribution in [0, 0.1) is 0 Å². The summed E-state index contributed by atoms with van der Waals surface area (Å²) >= 11 is 0. The van der Waals surface area contributed by atoms with Gasteiger partial charge in [-0.2, -0.15) is 5.10 Å². The fraction of sp³-hybridized carbons (Fsp3) is 0.375. The second-order valence-electron chi connectivity index (χ2n) is 5.77. The fourth-order valence-corrected chi connectivity index (χ4v) is 2.45. The maximum atomic E-state index is 11.8. The van der Waals surface area contributed by atoms with Crippen LogP contribution in [0.4, 0.5) is 10.6 Å². The average Bonchev–Trinajstić information content (AvgIpc) is 2.91. The zero-order valence-electron chi connectivity index (χ0n) is 12.3. The largest absolute Gasteiger partial charge is 0.388 e. The Kier molecular flexibility index (Phi) is 4.11. The molecule has 1 heterocycles. The van der Waals surface area contributed by atoms with Crippen LogP contribution >= 0.6 is 0 Å². The van der Waals surface area contributed by atoms with Gasteiger partial charge in [0.1, 0.15) is 0 Å². The van der Waals surface area contributed by atoms with E-state index in [-0.39, 0.29) is 12.6 Å². The smallest absolute Gasteiger partial charge is 0.320 e. The molecule has 0 radical (unpaired) electrons. The van der Waals surface area contributed by atoms with Crippen LogP contribution in [0.15, 0.2) is 42.6 Å². The molecule has 1 saturated carbocycles. The summed E-state index contributed by atoms with van der Waals surface area (Å²) < 4.78 is 1.77. The molecule has 0 aliphatic heterocycles. The molecule has 1 fully saturated rings. The van der Waals surface area contributed by atoms with E-state index in [9.17, 15) is 9.90 Å². The van der Waals surface area contributed by atoms with Crippen molar-refractivity contribution < 1.29 is 9.90 Å². The van der Waals surface area contributed by atoms with Crippen LogP contribution in [0.5, 0.6) is 0 Å². The first-order chi connectivity index (χ1) is 10.6. The van der Waals surface area contributed by atoms with Gasteiger partial charge in [-0.15, -0.1) is 0 Å². The van der Waals surface area contributed by atoms with Crippen molar-refractivity contribution in [1.82, 2.24) is 15.1 Å². The van der Waals surface area contributed by atoms with E-state index < -0.39 is 5.60 Å². The molecule has 2 aromatic rings. The van der Waals surface area contributed by atoms with Crippen molar-refractivity contribution in [3.8, 4) is 0 Å². The zero-order chi connectivity index (χ0) is 15.4. The number of hydrogen-bond donors (Lipinski definition) is 3. The highest BCUT2D eigenvalue weighted by Crippen LogP contribution is 2.30. The summed E-state index contributed by atoms with van der Waals surface area (Å²) in [4.78, 5) is 11.8. The second kappa shape index (κ2) is 6.19. The summed E-state index contributed by atoms with van der Waals surface area (Å²) in [7, 11) is 0. The molecule has 1 aromatic heterocycles. The Hall–Kier alpha value is -2.34. The standard InChI is InChI=1S/C16H20N4O2/c21-15(17-12-16(22)8-4-9-16)18-14-7-10-20(19-14)11-13-5-2-1-3-6-13/h1-3,5-7,10,22H,4,8-9,11-12H2,(H2,17,18,19,21). The minimum Gasteiger partial charge on any atom is -0.388 e. The number of carbonyl (C=O) groups excluding carboxylic acids is 1. The lowest BCUT2D eigenvalue weighted by Gasteiger charge is -2.36. The summed E-state index contributed by atoms with van der Waals surface area (Å²) in [6, 6.07) is 11.4. The van der Waals surface area contributed by atoms with Crippen molar-refractivity contribution in [2.45, 2.75) is 31.4 Å². The Morgan fingerprint density at radius 3 is 2.73 bits per heavy atom. The third-order valence-electron chi connectivity index (χ3n) is 3.93. The third kappa shape index (κ3) is 3.65. The SMILES string of the molecule is O=C(NCC1(O)CCC1)Nc1ccn(Cc2ccccc2)n1. The van der Waals surface area contributed by atoms with Crippen LogP contribution in [-0.4, -0.2) is 33.1 Å². The van der Waals surface area contributed by atoms with Gasteiger partial charge in [-0.05, 0) is 24.8 Å². The topological polar surface area (TPSA) is 79.2 Å². The summed E-state index contributed by atoms with van der Waals surface area (Å²) in [6.07, 6.45) is 4.34. The van der Waals surface area contributed by atoms with E-state index >= 15 is 0 Å². The number of nitrogens with zero attached hydrogens (tertiary/aromatic N) is 2. The van der Waals surface area contributed by atoms with Crippen molar-refractivity contribution in [2.75, 3.05) is 11.9 Å². The summed E-state index contributed by atoms with van der Waals surface area (Å²) in [6.45, 7) is 0.938. The Labute approximate surface area is 129 Å². The van der Waals surface area contributed by atoms with Gasteiger partial charge in [-0.25, -0.2) is 4.79 Å². The number of rotatable bonds is 5. The molecule has 1 aliphatic carbocycles. The van der Waals surface area contributed by atoms with Crippen molar-refractivity contribution in [2.24, 2.45) is 0 Å². The third-order valence-corrected chi connectivity index (χ3v) is 3.93. The second-order valence-corrected chi connectivity index (χ2v) is 5.77. The number of benzene rings is 1. The molecule has 116 valence electrons. The van der Waals surface area contributed by atoms with Gasteiger partial charge in [0.25, 0.3) is 0 Å². The first-order valence-corrected chi connectivity index (χ1v) is 7.48. The van der Waals surface area contributed by atoms with Gasteiger partial charge in [0.05, 0.1) is 12.1 Å². The average molecular weight is 300 g/mol.